The van der Waals surface area contributed by atoms with Crippen molar-refractivity contribution in [1.29, 1.82) is 0 Å². The zero-order valence-electron chi connectivity index (χ0n) is 15.0. The number of hydrogen-bond acceptors (Lipinski definition) is 2. The van der Waals surface area contributed by atoms with Crippen molar-refractivity contribution in [1.82, 2.24) is 0 Å². The number of benzene rings is 1. The fraction of sp³-hybridized carbons (Fsp3) is 0.684. The van der Waals surface area contributed by atoms with Gasteiger partial charge in [0.1, 0.15) is 5.75 Å². The Morgan fingerprint density at radius 1 is 0.905 bits per heavy atom. The van der Waals surface area contributed by atoms with Gasteiger partial charge in [-0.15, -0.1) is 0 Å². The second-order valence-electron chi connectivity index (χ2n) is 8.00. The van der Waals surface area contributed by atoms with Gasteiger partial charge in [-0.25, -0.2) is 0 Å². The average molecular weight is 291 g/mol. The molecule has 0 spiro atoms. The molecule has 0 fully saturated rings. The second-order valence-corrected chi connectivity index (χ2v) is 8.00. The molecule has 3 N–H and O–H groups in total. The Bertz CT molecular complexity index is 457. The largest absolute Gasteiger partial charge is 0.507 e. The molecule has 0 aliphatic heterocycles. The highest BCUT2D eigenvalue weighted by Crippen LogP contribution is 2.44. The molecule has 1 aromatic rings. The monoisotopic (exact) mass is 291 g/mol. The first kappa shape index (κ1) is 18.0. The number of phenolic OH excluding ortho intramolecular Hbond substituents is 1. The topological polar surface area (TPSA) is 46.2 Å². The molecule has 0 bridgehead atoms. The van der Waals surface area contributed by atoms with E-state index in [0.29, 0.717) is 24.1 Å². The van der Waals surface area contributed by atoms with Gasteiger partial charge in [-0.05, 0) is 28.2 Å². The van der Waals surface area contributed by atoms with Crippen LogP contribution in [0.3, 0.4) is 0 Å². The summed E-state index contributed by atoms with van der Waals surface area (Å²) in [6, 6.07) is 4.16. The van der Waals surface area contributed by atoms with Crippen molar-refractivity contribution in [3.8, 4) is 5.75 Å². The van der Waals surface area contributed by atoms with Crippen molar-refractivity contribution in [3.05, 3.63) is 28.8 Å². The van der Waals surface area contributed by atoms with Crippen LogP contribution < -0.4 is 5.73 Å². The Hall–Kier alpha value is -1.02. The van der Waals surface area contributed by atoms with Crippen LogP contribution in [-0.4, -0.2) is 5.11 Å². The summed E-state index contributed by atoms with van der Waals surface area (Å²) in [5.41, 5.74) is 8.86. The summed E-state index contributed by atoms with van der Waals surface area (Å²) in [7, 11) is 0. The molecule has 1 aromatic carbocycles. The number of nitrogens with two attached hydrogens (primary N) is 1. The molecule has 2 heteroatoms. The molecule has 1 rings (SSSR count). The fourth-order valence-corrected chi connectivity index (χ4v) is 2.42. The van der Waals surface area contributed by atoms with Crippen LogP contribution >= 0.6 is 0 Å². The van der Waals surface area contributed by atoms with E-state index in [4.69, 9.17) is 5.73 Å². The van der Waals surface area contributed by atoms with E-state index in [1.807, 2.05) is 0 Å². The molecule has 0 aliphatic carbocycles. The Morgan fingerprint density at radius 2 is 1.24 bits per heavy atom. The molecule has 0 aromatic heterocycles. The maximum Gasteiger partial charge on any atom is 0.123 e. The summed E-state index contributed by atoms with van der Waals surface area (Å²) in [6.07, 6.45) is 0. The first-order valence-corrected chi connectivity index (χ1v) is 8.03. The molecule has 0 amide bonds. The van der Waals surface area contributed by atoms with Crippen LogP contribution in [0.25, 0.3) is 0 Å². The molecule has 0 saturated heterocycles. The number of rotatable bonds is 5. The maximum absolute atomic E-state index is 10.9. The number of phenols is 1. The van der Waals surface area contributed by atoms with E-state index in [-0.39, 0.29) is 10.8 Å². The lowest BCUT2D eigenvalue weighted by atomic mass is 9.69. The predicted octanol–water partition coefficient (Wildman–Crippen LogP) is 4.72. The molecular formula is C19H33NO. The van der Waals surface area contributed by atoms with Crippen molar-refractivity contribution in [2.24, 2.45) is 17.6 Å². The summed E-state index contributed by atoms with van der Waals surface area (Å²) in [5, 5.41) is 10.9. The minimum absolute atomic E-state index is 0.0862. The lowest BCUT2D eigenvalue weighted by molar-refractivity contribution is 0.327. The smallest absolute Gasteiger partial charge is 0.123 e. The maximum atomic E-state index is 10.9. The van der Waals surface area contributed by atoms with Crippen LogP contribution in [0.4, 0.5) is 0 Å². The molecule has 0 heterocycles. The van der Waals surface area contributed by atoms with Crippen LogP contribution in [0, 0.1) is 11.8 Å². The van der Waals surface area contributed by atoms with Crippen LogP contribution in [0.5, 0.6) is 5.75 Å². The molecule has 120 valence electrons. The third-order valence-electron chi connectivity index (χ3n) is 5.68. The highest BCUT2D eigenvalue weighted by Gasteiger charge is 2.34. The van der Waals surface area contributed by atoms with Gasteiger partial charge in [0.25, 0.3) is 0 Å². The normalized spacial score (nSPS) is 13.3. The first-order chi connectivity index (χ1) is 9.46. The van der Waals surface area contributed by atoms with Gasteiger partial charge in [0.2, 0.25) is 0 Å². The van der Waals surface area contributed by atoms with Crippen molar-refractivity contribution in [3.63, 3.8) is 0 Å². The Labute approximate surface area is 130 Å². The van der Waals surface area contributed by atoms with Gasteiger partial charge in [0.15, 0.2) is 0 Å². The number of hydrogen-bond donors (Lipinski definition) is 2. The van der Waals surface area contributed by atoms with Gasteiger partial charge in [-0.2, -0.15) is 0 Å². The van der Waals surface area contributed by atoms with E-state index < -0.39 is 0 Å². The summed E-state index contributed by atoms with van der Waals surface area (Å²) in [4.78, 5) is 0. The average Bonchev–Trinajstić information content (AvgIpc) is 2.38. The van der Waals surface area contributed by atoms with Gasteiger partial charge < -0.3 is 10.8 Å². The zero-order valence-corrected chi connectivity index (χ0v) is 15.0. The van der Waals surface area contributed by atoms with Gasteiger partial charge >= 0.3 is 0 Å². The van der Waals surface area contributed by atoms with E-state index in [9.17, 15) is 5.11 Å². The Morgan fingerprint density at radius 3 is 1.48 bits per heavy atom. The fourth-order valence-electron chi connectivity index (χ4n) is 2.42. The van der Waals surface area contributed by atoms with Crippen LogP contribution in [0.1, 0.15) is 72.1 Å². The molecular weight excluding hydrogens is 258 g/mol. The van der Waals surface area contributed by atoms with Crippen LogP contribution in [0.15, 0.2) is 12.1 Å². The third-order valence-corrected chi connectivity index (χ3v) is 5.68. The van der Waals surface area contributed by atoms with E-state index in [2.05, 4.69) is 67.5 Å². The van der Waals surface area contributed by atoms with Crippen LogP contribution in [-0.2, 0) is 17.4 Å². The van der Waals surface area contributed by atoms with Crippen molar-refractivity contribution in [2.75, 3.05) is 0 Å². The lowest BCUT2D eigenvalue weighted by Gasteiger charge is -2.36. The highest BCUT2D eigenvalue weighted by molar-refractivity contribution is 5.50. The first-order valence-electron chi connectivity index (χ1n) is 8.03. The third kappa shape index (κ3) is 3.26. The minimum Gasteiger partial charge on any atom is -0.507 e. The lowest BCUT2D eigenvalue weighted by Crippen LogP contribution is -2.29. The molecule has 2 nitrogen and oxygen atoms in total. The predicted molar refractivity (Wildman–Crippen MR) is 91.7 cm³/mol. The second kappa shape index (κ2) is 6.00. The number of aromatic hydroxyl groups is 1. The molecule has 0 radical (unpaired) electrons. The Balaban J connectivity index is 3.63. The summed E-state index contributed by atoms with van der Waals surface area (Å²) in [5.74, 6) is 1.32. The SMILES string of the molecule is CC(C)C(C)(C)c1cc(CN)cc(C(C)(C)C(C)C)c1O. The van der Waals surface area contributed by atoms with E-state index in [0.717, 1.165) is 16.7 Å². The Kier molecular flexibility index (Phi) is 5.15. The van der Waals surface area contributed by atoms with Gasteiger partial charge in [-0.3, -0.25) is 0 Å². The highest BCUT2D eigenvalue weighted by atomic mass is 16.3. The molecule has 0 atom stereocenters. The molecule has 21 heavy (non-hydrogen) atoms. The van der Waals surface area contributed by atoms with E-state index in [1.54, 1.807) is 0 Å². The summed E-state index contributed by atoms with van der Waals surface area (Å²) >= 11 is 0. The molecule has 0 aliphatic rings. The zero-order chi connectivity index (χ0) is 16.6. The van der Waals surface area contributed by atoms with Gasteiger partial charge in [0, 0.05) is 17.7 Å². The quantitative estimate of drug-likeness (QED) is 0.824. The van der Waals surface area contributed by atoms with Crippen molar-refractivity contribution >= 4 is 0 Å². The van der Waals surface area contributed by atoms with E-state index in [1.165, 1.54) is 0 Å². The van der Waals surface area contributed by atoms with Crippen molar-refractivity contribution in [2.45, 2.75) is 72.8 Å². The van der Waals surface area contributed by atoms with Gasteiger partial charge in [0.05, 0.1) is 0 Å². The summed E-state index contributed by atoms with van der Waals surface area (Å²) in [6.45, 7) is 18.1. The standard InChI is InChI=1S/C19H33NO/c1-12(2)18(5,6)15-9-14(11-20)10-16(17(15)21)19(7,8)13(3)4/h9-10,12-13,21H,11,20H2,1-8H3. The van der Waals surface area contributed by atoms with E-state index >= 15 is 0 Å². The molecule has 0 saturated carbocycles. The van der Waals surface area contributed by atoms with Crippen LogP contribution in [0.2, 0.25) is 0 Å². The van der Waals surface area contributed by atoms with Crippen molar-refractivity contribution < 1.29 is 5.11 Å². The minimum atomic E-state index is -0.0862. The van der Waals surface area contributed by atoms with Gasteiger partial charge in [-0.1, -0.05) is 67.5 Å². The summed E-state index contributed by atoms with van der Waals surface area (Å²) < 4.78 is 0. The molecule has 0 unspecified atom stereocenters.